The van der Waals surface area contributed by atoms with E-state index in [-0.39, 0.29) is 5.92 Å². The van der Waals surface area contributed by atoms with Crippen molar-refractivity contribution >= 4 is 10.2 Å². The summed E-state index contributed by atoms with van der Waals surface area (Å²) in [7, 11) is 1.68. The van der Waals surface area contributed by atoms with Gasteiger partial charge in [-0.3, -0.25) is 4.68 Å². The van der Waals surface area contributed by atoms with Crippen LogP contribution in [-0.2, 0) is 17.3 Å². The van der Waals surface area contributed by atoms with Gasteiger partial charge in [0.15, 0.2) is 0 Å². The Morgan fingerprint density at radius 3 is 2.44 bits per heavy atom. The maximum absolute atomic E-state index is 12.2. The van der Waals surface area contributed by atoms with Crippen molar-refractivity contribution in [2.45, 2.75) is 25.7 Å². The predicted octanol–water partition coefficient (Wildman–Crippen LogP) is 1.17. The summed E-state index contributed by atoms with van der Waals surface area (Å²) in [4.78, 5) is 9.12. The van der Waals surface area contributed by atoms with E-state index in [0.29, 0.717) is 13.1 Å². The third-order valence-corrected chi connectivity index (χ3v) is 6.54. The number of aryl methyl sites for hydroxylation is 2. The van der Waals surface area contributed by atoms with Crippen LogP contribution < -0.4 is 0 Å². The molecule has 0 aromatic carbocycles. The highest BCUT2D eigenvalue weighted by atomic mass is 32.2. The highest BCUT2D eigenvalue weighted by Crippen LogP contribution is 2.30. The zero-order chi connectivity index (χ0) is 18.2. The molecule has 0 amide bonds. The van der Waals surface area contributed by atoms with Crippen LogP contribution in [0.25, 0.3) is 11.4 Å². The van der Waals surface area contributed by atoms with Gasteiger partial charge in [-0.1, -0.05) is 0 Å². The van der Waals surface area contributed by atoms with Gasteiger partial charge >= 0.3 is 0 Å². The third-order valence-electron chi connectivity index (χ3n) is 4.60. The van der Waals surface area contributed by atoms with Gasteiger partial charge in [-0.2, -0.15) is 22.1 Å². The Kier molecular flexibility index (Phi) is 4.90. The molecule has 1 saturated heterocycles. The van der Waals surface area contributed by atoms with E-state index in [1.54, 1.807) is 29.3 Å². The second-order valence-electron chi connectivity index (χ2n) is 6.53. The molecule has 1 aliphatic rings. The average molecular weight is 364 g/mol. The number of hydrogen-bond donors (Lipinski definition) is 0. The summed E-state index contributed by atoms with van der Waals surface area (Å²) < 4.78 is 29.1. The summed E-state index contributed by atoms with van der Waals surface area (Å²) in [6, 6.07) is 3.93. The first-order chi connectivity index (χ1) is 11.8. The molecule has 0 spiro atoms. The van der Waals surface area contributed by atoms with Gasteiger partial charge in [-0.15, -0.1) is 0 Å². The smallest absolute Gasteiger partial charge is 0.266 e. The van der Waals surface area contributed by atoms with Crippen molar-refractivity contribution in [3.05, 3.63) is 29.8 Å². The molecule has 25 heavy (non-hydrogen) atoms. The third kappa shape index (κ3) is 3.58. The molecule has 0 radical (unpaired) electrons. The molecule has 1 aliphatic heterocycles. The molecule has 8 nitrogen and oxygen atoms in total. The van der Waals surface area contributed by atoms with Crippen molar-refractivity contribution in [2.24, 2.45) is 7.05 Å². The van der Waals surface area contributed by atoms with Crippen molar-refractivity contribution in [1.29, 1.82) is 0 Å². The van der Waals surface area contributed by atoms with Crippen LogP contribution in [0.2, 0.25) is 0 Å². The lowest BCUT2D eigenvalue weighted by molar-refractivity contribution is 0.300. The van der Waals surface area contributed by atoms with E-state index in [9.17, 15) is 8.42 Å². The first-order valence-electron chi connectivity index (χ1n) is 8.30. The van der Waals surface area contributed by atoms with Gasteiger partial charge in [0.2, 0.25) is 0 Å². The van der Waals surface area contributed by atoms with Gasteiger partial charge < -0.3 is 0 Å². The van der Waals surface area contributed by atoms with Crippen LogP contribution in [0.5, 0.6) is 0 Å². The summed E-state index contributed by atoms with van der Waals surface area (Å²) in [5, 5.41) is 4.20. The molecule has 3 rings (SSSR count). The van der Waals surface area contributed by atoms with Crippen LogP contribution in [0.3, 0.4) is 0 Å². The van der Waals surface area contributed by atoms with E-state index in [0.717, 1.165) is 35.7 Å². The van der Waals surface area contributed by atoms with Crippen molar-refractivity contribution in [1.82, 2.24) is 28.4 Å². The summed E-state index contributed by atoms with van der Waals surface area (Å²) in [6.45, 7) is 2.90. The molecule has 136 valence electrons. The van der Waals surface area contributed by atoms with Gasteiger partial charge in [-0.05, 0) is 31.9 Å². The predicted molar refractivity (Wildman–Crippen MR) is 95.1 cm³/mol. The van der Waals surface area contributed by atoms with Crippen LogP contribution in [-0.4, -0.2) is 64.0 Å². The Morgan fingerprint density at radius 1 is 1.20 bits per heavy atom. The molecule has 0 bridgehead atoms. The Morgan fingerprint density at radius 2 is 1.88 bits per heavy atom. The fraction of sp³-hybridized carbons (Fsp3) is 0.562. The lowest BCUT2D eigenvalue weighted by Crippen LogP contribution is -2.44. The van der Waals surface area contributed by atoms with Crippen molar-refractivity contribution in [3.63, 3.8) is 0 Å². The first-order valence-corrected chi connectivity index (χ1v) is 9.70. The minimum absolute atomic E-state index is 0.238. The Bertz CT molecular complexity index is 853. The van der Waals surface area contributed by atoms with Crippen molar-refractivity contribution in [3.8, 4) is 11.4 Å². The number of hydrogen-bond acceptors (Lipinski definition) is 5. The molecule has 2 aromatic heterocycles. The zero-order valence-corrected chi connectivity index (χ0v) is 15.9. The molecule has 0 saturated carbocycles. The molecule has 0 aliphatic carbocycles. The summed E-state index contributed by atoms with van der Waals surface area (Å²) in [5.41, 5.74) is 2.77. The van der Waals surface area contributed by atoms with Gasteiger partial charge in [0.1, 0.15) is 5.82 Å². The van der Waals surface area contributed by atoms with E-state index in [2.05, 4.69) is 15.1 Å². The van der Waals surface area contributed by atoms with Crippen LogP contribution in [0.1, 0.15) is 30.3 Å². The summed E-state index contributed by atoms with van der Waals surface area (Å²) >= 11 is 0. The van der Waals surface area contributed by atoms with Crippen LogP contribution in [0, 0.1) is 6.92 Å². The topological polar surface area (TPSA) is 84.2 Å². The minimum atomic E-state index is -3.34. The maximum Gasteiger partial charge on any atom is 0.281 e. The highest BCUT2D eigenvalue weighted by molar-refractivity contribution is 7.86. The molecular formula is C16H24N6O2S. The van der Waals surface area contributed by atoms with Crippen LogP contribution in [0.15, 0.2) is 18.3 Å². The Hall–Kier alpha value is -1.84. The quantitative estimate of drug-likeness (QED) is 0.813. The fourth-order valence-corrected chi connectivity index (χ4v) is 4.30. The molecule has 3 heterocycles. The van der Waals surface area contributed by atoms with Gasteiger partial charge in [0.25, 0.3) is 10.2 Å². The molecule has 1 fully saturated rings. The van der Waals surface area contributed by atoms with E-state index in [1.165, 1.54) is 4.31 Å². The van der Waals surface area contributed by atoms with Crippen molar-refractivity contribution < 1.29 is 8.42 Å². The highest BCUT2D eigenvalue weighted by Gasteiger charge is 2.30. The van der Waals surface area contributed by atoms with Crippen LogP contribution >= 0.6 is 0 Å². The molecule has 0 N–H and O–H groups in total. The average Bonchev–Trinajstić information content (AvgIpc) is 3.00. The van der Waals surface area contributed by atoms with E-state index in [4.69, 9.17) is 0 Å². The number of piperidine rings is 1. The van der Waals surface area contributed by atoms with Gasteiger partial charge in [0.05, 0.1) is 11.4 Å². The second kappa shape index (κ2) is 6.81. The Balaban J connectivity index is 1.80. The van der Waals surface area contributed by atoms with Gasteiger partial charge in [0, 0.05) is 52.0 Å². The molecular weight excluding hydrogens is 340 g/mol. The summed E-state index contributed by atoms with van der Waals surface area (Å²) in [6.07, 6.45) is 3.26. The van der Waals surface area contributed by atoms with Crippen LogP contribution in [0.4, 0.5) is 0 Å². The molecule has 9 heteroatoms. The van der Waals surface area contributed by atoms with Gasteiger partial charge in [-0.25, -0.2) is 9.97 Å². The second-order valence-corrected chi connectivity index (χ2v) is 8.67. The number of rotatable bonds is 4. The fourth-order valence-electron chi connectivity index (χ4n) is 3.17. The minimum Gasteiger partial charge on any atom is -0.266 e. The maximum atomic E-state index is 12.2. The molecule has 2 aromatic rings. The SMILES string of the molecule is Cc1nc(-c2ccnn2C)cc(C2CCN(S(=O)(=O)N(C)C)CC2)n1. The van der Waals surface area contributed by atoms with E-state index in [1.807, 2.05) is 26.1 Å². The standard InChI is InChI=1S/C16H24N6O2S/c1-12-18-14(11-15(19-12)16-5-8-17-21(16)4)13-6-9-22(10-7-13)25(23,24)20(2)3/h5,8,11,13H,6-7,9-10H2,1-4H3. The number of nitrogens with zero attached hydrogens (tertiary/aromatic N) is 6. The molecule has 0 unspecified atom stereocenters. The normalized spacial score (nSPS) is 17.3. The lowest BCUT2D eigenvalue weighted by atomic mass is 9.93. The van der Waals surface area contributed by atoms with E-state index >= 15 is 0 Å². The zero-order valence-electron chi connectivity index (χ0n) is 15.0. The first kappa shape index (κ1) is 18.0. The largest absolute Gasteiger partial charge is 0.281 e. The monoisotopic (exact) mass is 364 g/mol. The molecule has 0 atom stereocenters. The Labute approximate surface area is 148 Å². The summed E-state index contributed by atoms with van der Waals surface area (Å²) in [5.74, 6) is 0.958. The van der Waals surface area contributed by atoms with E-state index < -0.39 is 10.2 Å². The lowest BCUT2D eigenvalue weighted by Gasteiger charge is -2.32. The number of aromatic nitrogens is 4. The van der Waals surface area contributed by atoms with Crippen molar-refractivity contribution in [2.75, 3.05) is 27.2 Å².